The van der Waals surface area contributed by atoms with E-state index in [4.69, 9.17) is 28.4 Å². The van der Waals surface area contributed by atoms with Gasteiger partial charge < -0.3 is 64.2 Å². The van der Waals surface area contributed by atoms with Crippen molar-refractivity contribution in [2.75, 3.05) is 33.0 Å². The number of aliphatic hydroxyl groups is 7. The lowest BCUT2D eigenvalue weighted by Gasteiger charge is -2.42. The molecule has 0 bridgehead atoms. The highest BCUT2D eigenvalue weighted by atomic mass is 16.7. The first kappa shape index (κ1) is 72.1. The number of unbranched alkanes of at least 4 members (excludes halogenated alkanes) is 41. The predicted molar refractivity (Wildman–Crippen MR) is 308 cm³/mol. The van der Waals surface area contributed by atoms with Crippen LogP contribution >= 0.6 is 0 Å². The highest BCUT2D eigenvalue weighted by molar-refractivity contribution is 5.69. The Morgan fingerprint density at radius 3 is 1.05 bits per heavy atom. The van der Waals surface area contributed by atoms with Crippen LogP contribution in [-0.4, -0.2) is 142 Å². The summed E-state index contributed by atoms with van der Waals surface area (Å²) < 4.78 is 34.5. The quantitative estimate of drug-likeness (QED) is 0.0223. The van der Waals surface area contributed by atoms with Crippen LogP contribution in [0.2, 0.25) is 0 Å². The van der Waals surface area contributed by atoms with Crippen molar-refractivity contribution in [1.29, 1.82) is 0 Å². The molecule has 458 valence electrons. The van der Waals surface area contributed by atoms with Gasteiger partial charge in [-0.15, -0.1) is 0 Å². The van der Waals surface area contributed by atoms with E-state index in [1.807, 2.05) is 0 Å². The standard InChI is InChI=1S/C63H122O14/c1-3-5-7-9-11-13-15-17-19-21-23-25-26-27-29-31-33-35-37-39-41-43-45-47-72-49-52(75-55(65)46-44-42-40-38-36-34-32-30-28-24-22-20-18-16-14-12-10-8-6-4-2)50-73-62-61(71)59(69)57(67)54(77-62)51-74-63-60(70)58(68)56(66)53(48-64)76-63/h52-54,56-64,66-71H,3-51H2,1-2H3. The van der Waals surface area contributed by atoms with Crippen molar-refractivity contribution in [3.63, 3.8) is 0 Å². The van der Waals surface area contributed by atoms with E-state index in [-0.39, 0.29) is 25.6 Å². The Bertz CT molecular complexity index is 1280. The van der Waals surface area contributed by atoms with Gasteiger partial charge in [-0.1, -0.05) is 277 Å². The number of carbonyl (C=O) groups excluding carboxylic acids is 1. The highest BCUT2D eigenvalue weighted by Gasteiger charge is 2.47. The third-order valence-corrected chi connectivity index (χ3v) is 16.1. The molecule has 0 aromatic heterocycles. The van der Waals surface area contributed by atoms with Gasteiger partial charge in [0.1, 0.15) is 54.9 Å². The molecule has 14 heteroatoms. The Balaban J connectivity index is 1.65. The maximum atomic E-state index is 13.1. The van der Waals surface area contributed by atoms with Crippen molar-refractivity contribution in [2.24, 2.45) is 0 Å². The van der Waals surface area contributed by atoms with E-state index in [0.29, 0.717) is 6.61 Å². The van der Waals surface area contributed by atoms with Crippen LogP contribution in [0.15, 0.2) is 0 Å². The molecular formula is C63H122O14. The molecule has 0 saturated carbocycles. The summed E-state index contributed by atoms with van der Waals surface area (Å²) in [6, 6.07) is 0. The van der Waals surface area contributed by atoms with Gasteiger partial charge in [-0.25, -0.2) is 0 Å². The van der Waals surface area contributed by atoms with E-state index in [9.17, 15) is 40.5 Å². The first-order valence-corrected chi connectivity index (χ1v) is 32.6. The largest absolute Gasteiger partial charge is 0.457 e. The van der Waals surface area contributed by atoms with Crippen molar-refractivity contribution in [3.8, 4) is 0 Å². The fourth-order valence-electron chi connectivity index (χ4n) is 10.9. The van der Waals surface area contributed by atoms with Gasteiger partial charge in [-0.2, -0.15) is 0 Å². The molecule has 2 heterocycles. The minimum absolute atomic E-state index is 0.0714. The third-order valence-electron chi connectivity index (χ3n) is 16.1. The Labute approximate surface area is 470 Å². The average Bonchev–Trinajstić information content (AvgIpc) is 3.43. The van der Waals surface area contributed by atoms with Gasteiger partial charge in [0, 0.05) is 13.0 Å². The molecule has 0 spiro atoms. The SMILES string of the molecule is CCCCCCCCCCCCCCCCCCCCCCCCCOCC(COC1OC(COC2OC(CO)C(O)C(O)C2O)C(O)C(O)C1O)OC(=O)CCCCCCCCCCCCCCCCCCCCCC. The van der Waals surface area contributed by atoms with Crippen molar-refractivity contribution in [1.82, 2.24) is 0 Å². The van der Waals surface area contributed by atoms with Gasteiger partial charge in [-0.05, 0) is 12.8 Å². The molecule has 77 heavy (non-hydrogen) atoms. The Morgan fingerprint density at radius 1 is 0.377 bits per heavy atom. The molecule has 0 amide bonds. The van der Waals surface area contributed by atoms with Gasteiger partial charge >= 0.3 is 5.97 Å². The second kappa shape index (κ2) is 50.7. The average molecular weight is 1100 g/mol. The number of esters is 1. The van der Waals surface area contributed by atoms with Crippen LogP contribution in [0.4, 0.5) is 0 Å². The molecule has 2 rings (SSSR count). The number of rotatable bonds is 55. The molecule has 2 saturated heterocycles. The van der Waals surface area contributed by atoms with Gasteiger partial charge in [0.05, 0.1) is 26.4 Å². The Kier molecular flexibility index (Phi) is 47.5. The first-order valence-electron chi connectivity index (χ1n) is 32.6. The molecule has 7 N–H and O–H groups in total. The summed E-state index contributed by atoms with van der Waals surface area (Å²) in [5.74, 6) is -0.365. The molecule has 2 aliphatic heterocycles. The fraction of sp³-hybridized carbons (Fsp3) is 0.984. The molecule has 0 radical (unpaired) electrons. The number of aliphatic hydroxyl groups excluding tert-OH is 7. The molecular weight excluding hydrogens is 981 g/mol. The summed E-state index contributed by atoms with van der Waals surface area (Å²) in [5.41, 5.74) is 0. The number of carbonyl (C=O) groups is 1. The van der Waals surface area contributed by atoms with Crippen molar-refractivity contribution < 1.29 is 69.0 Å². The zero-order valence-corrected chi connectivity index (χ0v) is 49.5. The summed E-state index contributed by atoms with van der Waals surface area (Å²) in [7, 11) is 0. The van der Waals surface area contributed by atoms with E-state index < -0.39 is 80.7 Å². The van der Waals surface area contributed by atoms with Crippen LogP contribution in [-0.2, 0) is 33.2 Å². The van der Waals surface area contributed by atoms with Gasteiger partial charge in [0.2, 0.25) is 0 Å². The lowest BCUT2D eigenvalue weighted by molar-refractivity contribution is -0.332. The topological polar surface area (TPSA) is 214 Å². The van der Waals surface area contributed by atoms with E-state index in [1.54, 1.807) is 0 Å². The van der Waals surface area contributed by atoms with Crippen molar-refractivity contribution in [3.05, 3.63) is 0 Å². The smallest absolute Gasteiger partial charge is 0.306 e. The zero-order chi connectivity index (χ0) is 55.8. The summed E-state index contributed by atoms with van der Waals surface area (Å²) in [6.07, 6.45) is 40.3. The maximum Gasteiger partial charge on any atom is 0.306 e. The van der Waals surface area contributed by atoms with Crippen LogP contribution in [0.5, 0.6) is 0 Å². The lowest BCUT2D eigenvalue weighted by atomic mass is 9.98. The zero-order valence-electron chi connectivity index (χ0n) is 49.5. The van der Waals surface area contributed by atoms with Crippen LogP contribution in [0.25, 0.3) is 0 Å². The van der Waals surface area contributed by atoms with Crippen LogP contribution in [0, 0.1) is 0 Å². The lowest BCUT2D eigenvalue weighted by Crippen LogP contribution is -2.61. The van der Waals surface area contributed by atoms with E-state index in [0.717, 1.165) is 44.9 Å². The molecule has 2 fully saturated rings. The number of hydrogen-bond donors (Lipinski definition) is 7. The minimum Gasteiger partial charge on any atom is -0.457 e. The molecule has 14 nitrogen and oxygen atoms in total. The first-order chi connectivity index (χ1) is 37.6. The fourth-order valence-corrected chi connectivity index (χ4v) is 10.9. The summed E-state index contributed by atoms with van der Waals surface area (Å²) in [4.78, 5) is 13.1. The number of ether oxygens (including phenoxy) is 6. The summed E-state index contributed by atoms with van der Waals surface area (Å²) >= 11 is 0. The summed E-state index contributed by atoms with van der Waals surface area (Å²) in [6.45, 7) is 3.79. The minimum atomic E-state index is -1.70. The molecule has 11 atom stereocenters. The third kappa shape index (κ3) is 36.9. The molecule has 0 aromatic rings. The highest BCUT2D eigenvalue weighted by Crippen LogP contribution is 2.27. The van der Waals surface area contributed by atoms with Crippen molar-refractivity contribution in [2.45, 2.75) is 364 Å². The second-order valence-electron chi connectivity index (χ2n) is 23.3. The molecule has 0 aromatic carbocycles. The van der Waals surface area contributed by atoms with Crippen LogP contribution in [0.3, 0.4) is 0 Å². The predicted octanol–water partition coefficient (Wildman–Crippen LogP) is 12.8. The summed E-state index contributed by atoms with van der Waals surface area (Å²) in [5, 5.41) is 72.5. The van der Waals surface area contributed by atoms with Gasteiger partial charge in [-0.3, -0.25) is 4.79 Å². The van der Waals surface area contributed by atoms with Gasteiger partial charge in [0.15, 0.2) is 12.6 Å². The molecule has 0 aliphatic carbocycles. The Morgan fingerprint density at radius 2 is 0.688 bits per heavy atom. The van der Waals surface area contributed by atoms with E-state index in [2.05, 4.69) is 13.8 Å². The monoisotopic (exact) mass is 1100 g/mol. The molecule has 11 unspecified atom stereocenters. The van der Waals surface area contributed by atoms with Crippen LogP contribution < -0.4 is 0 Å². The maximum absolute atomic E-state index is 13.1. The van der Waals surface area contributed by atoms with E-state index in [1.165, 1.54) is 231 Å². The van der Waals surface area contributed by atoms with Crippen molar-refractivity contribution >= 4 is 5.97 Å². The van der Waals surface area contributed by atoms with Crippen LogP contribution in [0.1, 0.15) is 296 Å². The Hall–Kier alpha value is -1.01. The number of hydrogen-bond acceptors (Lipinski definition) is 14. The van der Waals surface area contributed by atoms with E-state index >= 15 is 0 Å². The normalized spacial score (nSPS) is 24.2. The van der Waals surface area contributed by atoms with Gasteiger partial charge in [0.25, 0.3) is 0 Å². The molecule has 2 aliphatic rings. The second-order valence-corrected chi connectivity index (χ2v) is 23.3.